The van der Waals surface area contributed by atoms with Crippen LogP contribution in [0.1, 0.15) is 18.9 Å². The van der Waals surface area contributed by atoms with Crippen molar-refractivity contribution in [1.82, 2.24) is 9.21 Å². The molecular weight excluding hydrogens is 312 g/mol. The molecule has 21 heavy (non-hydrogen) atoms. The van der Waals surface area contributed by atoms with Crippen LogP contribution in [-0.2, 0) is 16.6 Å². The molecule has 1 atom stereocenters. The van der Waals surface area contributed by atoms with Crippen LogP contribution < -0.4 is 0 Å². The lowest BCUT2D eigenvalue weighted by Gasteiger charge is -2.38. The highest BCUT2D eigenvalue weighted by Crippen LogP contribution is 2.25. The molecular formula is C14H21ClN2O3S. The molecule has 1 aromatic rings. The number of nitrogens with zero attached hydrogens (tertiary/aromatic N) is 2. The van der Waals surface area contributed by atoms with Crippen molar-refractivity contribution in [2.75, 3.05) is 26.7 Å². The van der Waals surface area contributed by atoms with Gasteiger partial charge in [0.25, 0.3) is 0 Å². The fourth-order valence-corrected chi connectivity index (χ4v) is 4.34. The molecule has 118 valence electrons. The summed E-state index contributed by atoms with van der Waals surface area (Å²) in [6, 6.07) is 4.72. The van der Waals surface area contributed by atoms with Crippen LogP contribution in [0.25, 0.3) is 0 Å². The molecule has 1 aromatic carbocycles. The summed E-state index contributed by atoms with van der Waals surface area (Å²) in [4.78, 5) is 2.37. The average molecular weight is 333 g/mol. The van der Waals surface area contributed by atoms with Gasteiger partial charge in [-0.15, -0.1) is 0 Å². The Balaban J connectivity index is 2.27. The quantitative estimate of drug-likeness (QED) is 0.908. The van der Waals surface area contributed by atoms with Crippen LogP contribution in [0.2, 0.25) is 5.02 Å². The molecule has 0 amide bonds. The first kappa shape index (κ1) is 16.7. The average Bonchev–Trinajstić information content (AvgIpc) is 2.47. The lowest BCUT2D eigenvalue weighted by molar-refractivity contribution is 0.144. The fraction of sp³-hybridized carbons (Fsp3) is 0.571. The van der Waals surface area contributed by atoms with Crippen molar-refractivity contribution in [2.24, 2.45) is 0 Å². The SMILES string of the molecule is CCC1CN(S(=O)(=O)c2ccc(CO)c(Cl)c2)CCN1C. The van der Waals surface area contributed by atoms with Crippen molar-refractivity contribution in [3.05, 3.63) is 28.8 Å². The van der Waals surface area contributed by atoms with Crippen LogP contribution in [0, 0.1) is 0 Å². The first-order valence-corrected chi connectivity index (χ1v) is 8.81. The van der Waals surface area contributed by atoms with Crippen molar-refractivity contribution < 1.29 is 13.5 Å². The number of aliphatic hydroxyl groups excluding tert-OH is 1. The third-order valence-electron chi connectivity index (χ3n) is 4.04. The van der Waals surface area contributed by atoms with Crippen LogP contribution in [0.4, 0.5) is 0 Å². The molecule has 1 saturated heterocycles. The van der Waals surface area contributed by atoms with E-state index in [2.05, 4.69) is 11.8 Å². The summed E-state index contributed by atoms with van der Waals surface area (Å²) >= 11 is 6.00. The Morgan fingerprint density at radius 1 is 1.38 bits per heavy atom. The second kappa shape index (κ2) is 6.62. The highest BCUT2D eigenvalue weighted by molar-refractivity contribution is 7.89. The number of likely N-dealkylation sites (N-methyl/N-ethyl adjacent to an activating group) is 1. The number of halogens is 1. The summed E-state index contributed by atoms with van der Waals surface area (Å²) in [6.45, 7) is 3.55. The Morgan fingerprint density at radius 2 is 2.10 bits per heavy atom. The normalized spacial score (nSPS) is 21.6. The summed E-state index contributed by atoms with van der Waals surface area (Å²) in [7, 11) is -1.52. The van der Waals surface area contributed by atoms with Gasteiger partial charge in [0.1, 0.15) is 0 Å². The molecule has 0 spiro atoms. The van der Waals surface area contributed by atoms with E-state index in [9.17, 15) is 8.42 Å². The lowest BCUT2D eigenvalue weighted by atomic mass is 10.1. The number of piperazine rings is 1. The van der Waals surface area contributed by atoms with Gasteiger partial charge in [0, 0.05) is 30.7 Å². The summed E-state index contributed by atoms with van der Waals surface area (Å²) < 4.78 is 26.9. The first-order chi connectivity index (χ1) is 9.90. The van der Waals surface area contributed by atoms with Crippen molar-refractivity contribution >= 4 is 21.6 Å². The van der Waals surface area contributed by atoms with Crippen LogP contribution in [0.5, 0.6) is 0 Å². The number of sulfonamides is 1. The highest BCUT2D eigenvalue weighted by atomic mass is 35.5. The topological polar surface area (TPSA) is 60.9 Å². The second-order valence-corrected chi connectivity index (χ2v) is 7.66. The molecule has 0 radical (unpaired) electrons. The predicted octanol–water partition coefficient (Wildman–Crippen LogP) is 1.55. The molecule has 5 nitrogen and oxygen atoms in total. The van der Waals surface area contributed by atoms with E-state index in [0.717, 1.165) is 13.0 Å². The molecule has 1 N–H and O–H groups in total. The van der Waals surface area contributed by atoms with E-state index in [0.29, 0.717) is 18.7 Å². The number of benzene rings is 1. The number of rotatable bonds is 4. The largest absolute Gasteiger partial charge is 0.392 e. The van der Waals surface area contributed by atoms with Gasteiger partial charge in [0.05, 0.1) is 11.5 Å². The molecule has 7 heteroatoms. The number of aliphatic hydroxyl groups is 1. The Hall–Kier alpha value is -0.660. The third-order valence-corrected chi connectivity index (χ3v) is 6.26. The summed E-state index contributed by atoms with van der Waals surface area (Å²) in [5.41, 5.74) is 0.528. The van der Waals surface area contributed by atoms with Gasteiger partial charge in [-0.25, -0.2) is 8.42 Å². The molecule has 0 saturated carbocycles. The molecule has 1 aliphatic rings. The number of hydrogen-bond donors (Lipinski definition) is 1. The molecule has 0 aliphatic carbocycles. The van der Waals surface area contributed by atoms with E-state index in [1.807, 2.05) is 7.05 Å². The zero-order valence-corrected chi connectivity index (χ0v) is 13.9. The van der Waals surface area contributed by atoms with Gasteiger partial charge < -0.3 is 10.0 Å². The van der Waals surface area contributed by atoms with Gasteiger partial charge in [-0.3, -0.25) is 0 Å². The molecule has 0 aromatic heterocycles. The predicted molar refractivity (Wildman–Crippen MR) is 82.8 cm³/mol. The van der Waals surface area contributed by atoms with Crippen LogP contribution >= 0.6 is 11.6 Å². The maximum absolute atomic E-state index is 12.7. The molecule has 1 heterocycles. The lowest BCUT2D eigenvalue weighted by Crippen LogP contribution is -2.52. The monoisotopic (exact) mass is 332 g/mol. The van der Waals surface area contributed by atoms with Crippen molar-refractivity contribution in [2.45, 2.75) is 30.9 Å². The van der Waals surface area contributed by atoms with Crippen LogP contribution in [0.15, 0.2) is 23.1 Å². The molecule has 1 aliphatic heterocycles. The molecule has 2 rings (SSSR count). The maximum atomic E-state index is 12.7. The minimum atomic E-state index is -3.54. The van der Waals surface area contributed by atoms with Gasteiger partial charge >= 0.3 is 0 Å². The Morgan fingerprint density at radius 3 is 2.67 bits per heavy atom. The minimum Gasteiger partial charge on any atom is -0.392 e. The number of hydrogen-bond acceptors (Lipinski definition) is 4. The van der Waals surface area contributed by atoms with E-state index in [-0.39, 0.29) is 22.6 Å². The molecule has 1 unspecified atom stereocenters. The van der Waals surface area contributed by atoms with E-state index in [1.54, 1.807) is 6.07 Å². The summed E-state index contributed by atoms with van der Waals surface area (Å²) in [6.07, 6.45) is 0.909. The highest BCUT2D eigenvalue weighted by Gasteiger charge is 2.32. The smallest absolute Gasteiger partial charge is 0.243 e. The fourth-order valence-electron chi connectivity index (χ4n) is 2.54. The van der Waals surface area contributed by atoms with Gasteiger partial charge in [-0.1, -0.05) is 24.6 Å². The molecule has 0 bridgehead atoms. The van der Waals surface area contributed by atoms with E-state index in [4.69, 9.17) is 16.7 Å². The Bertz CT molecular complexity index is 606. The van der Waals surface area contributed by atoms with E-state index in [1.165, 1.54) is 16.4 Å². The van der Waals surface area contributed by atoms with Crippen LogP contribution in [-0.4, -0.2) is 55.5 Å². The van der Waals surface area contributed by atoms with E-state index < -0.39 is 10.0 Å². The summed E-state index contributed by atoms with van der Waals surface area (Å²) in [5.74, 6) is 0. The third kappa shape index (κ3) is 3.40. The van der Waals surface area contributed by atoms with Gasteiger partial charge in [-0.05, 0) is 31.2 Å². The van der Waals surface area contributed by atoms with Gasteiger partial charge in [-0.2, -0.15) is 4.31 Å². The Labute approximate surface area is 131 Å². The maximum Gasteiger partial charge on any atom is 0.243 e. The standard InChI is InChI=1S/C14H21ClN2O3S/c1-3-12-9-17(7-6-16(12)2)21(19,20)13-5-4-11(10-18)14(15)8-13/h4-5,8,12,18H,3,6-7,9-10H2,1-2H3. The van der Waals surface area contributed by atoms with Gasteiger partial charge in [0.15, 0.2) is 0 Å². The van der Waals surface area contributed by atoms with Crippen molar-refractivity contribution in [3.63, 3.8) is 0 Å². The van der Waals surface area contributed by atoms with Crippen LogP contribution in [0.3, 0.4) is 0 Å². The Kier molecular flexibility index (Phi) is 5.27. The van der Waals surface area contributed by atoms with Crippen molar-refractivity contribution in [1.29, 1.82) is 0 Å². The zero-order chi connectivity index (χ0) is 15.6. The van der Waals surface area contributed by atoms with Gasteiger partial charge in [0.2, 0.25) is 10.0 Å². The summed E-state index contributed by atoms with van der Waals surface area (Å²) in [5, 5.41) is 9.38. The van der Waals surface area contributed by atoms with E-state index >= 15 is 0 Å². The van der Waals surface area contributed by atoms with Crippen molar-refractivity contribution in [3.8, 4) is 0 Å². The minimum absolute atomic E-state index is 0.184. The second-order valence-electron chi connectivity index (χ2n) is 5.32. The molecule has 1 fully saturated rings. The first-order valence-electron chi connectivity index (χ1n) is 6.99. The zero-order valence-electron chi connectivity index (χ0n) is 12.3.